The van der Waals surface area contributed by atoms with Crippen LogP contribution in [0.25, 0.3) is 21.9 Å². The Morgan fingerprint density at radius 3 is 2.67 bits per heavy atom. The van der Waals surface area contributed by atoms with Gasteiger partial charge in [-0.25, -0.2) is 9.97 Å². The minimum absolute atomic E-state index is 0.415. The van der Waals surface area contributed by atoms with E-state index in [4.69, 9.17) is 18.9 Å². The third kappa shape index (κ3) is 4.94. The molecule has 2 fully saturated rings. The molecule has 0 unspecified atom stereocenters. The maximum absolute atomic E-state index is 11.9. The Kier molecular flexibility index (Phi) is 6.68. The molecular formula is C29H38N4O5Si. The Morgan fingerprint density at radius 1 is 1.08 bits per heavy atom. The molecular weight excluding hydrogens is 512 g/mol. The monoisotopic (exact) mass is 550 g/mol. The molecule has 0 amide bonds. The van der Waals surface area contributed by atoms with Gasteiger partial charge in [0.1, 0.15) is 43.1 Å². The summed E-state index contributed by atoms with van der Waals surface area (Å²) in [5, 5.41) is 13.9. The lowest BCUT2D eigenvalue weighted by molar-refractivity contribution is -0.207. The smallest absolute Gasteiger partial charge is 0.164 e. The third-order valence-electron chi connectivity index (χ3n) is 7.72. The second-order valence-electron chi connectivity index (χ2n) is 12.3. The van der Waals surface area contributed by atoms with Crippen molar-refractivity contribution in [2.45, 2.75) is 89.6 Å². The van der Waals surface area contributed by atoms with E-state index in [-0.39, 0.29) is 0 Å². The van der Waals surface area contributed by atoms with Crippen molar-refractivity contribution in [3.05, 3.63) is 60.3 Å². The van der Waals surface area contributed by atoms with Gasteiger partial charge in [0.25, 0.3) is 0 Å². The van der Waals surface area contributed by atoms with E-state index >= 15 is 0 Å². The molecule has 2 aliphatic rings. The average molecular weight is 551 g/mol. The normalized spacial score (nSPS) is 25.5. The summed E-state index contributed by atoms with van der Waals surface area (Å²) < 4.78 is 29.4. The van der Waals surface area contributed by atoms with E-state index in [1.54, 1.807) is 6.33 Å². The van der Waals surface area contributed by atoms with Crippen molar-refractivity contribution >= 4 is 30.0 Å². The first-order valence-corrected chi connectivity index (χ1v) is 17.4. The maximum atomic E-state index is 11.9. The number of nitrogens with zero attached hydrogens (tertiary/aromatic N) is 4. The van der Waals surface area contributed by atoms with Gasteiger partial charge in [-0.2, -0.15) is 0 Å². The van der Waals surface area contributed by atoms with Gasteiger partial charge in [0.2, 0.25) is 0 Å². The number of para-hydroxylation sites is 1. The summed E-state index contributed by atoms with van der Waals surface area (Å²) in [4.78, 5) is 8.84. The van der Waals surface area contributed by atoms with E-state index in [0.29, 0.717) is 6.73 Å². The van der Waals surface area contributed by atoms with E-state index < -0.39 is 44.5 Å². The van der Waals surface area contributed by atoms with Crippen molar-refractivity contribution in [1.29, 1.82) is 0 Å². The van der Waals surface area contributed by atoms with Crippen molar-refractivity contribution in [2.75, 3.05) is 6.61 Å². The molecule has 0 bridgehead atoms. The molecule has 2 aliphatic heterocycles. The van der Waals surface area contributed by atoms with Crippen molar-refractivity contribution in [3.63, 3.8) is 0 Å². The van der Waals surface area contributed by atoms with Gasteiger partial charge in [0.05, 0.1) is 11.2 Å². The van der Waals surface area contributed by atoms with Crippen LogP contribution in [0.2, 0.25) is 25.7 Å². The number of aromatic nitrogens is 4. The number of rotatable bonds is 8. The molecule has 1 aromatic carbocycles. The molecule has 0 aliphatic carbocycles. The van der Waals surface area contributed by atoms with Crippen molar-refractivity contribution < 1.29 is 24.1 Å². The SMILES string of the molecule is Cc1ncnc2c1ccn2[C@@H]1O[C@H]([C@H](O)c2cccc3ccn(COCC[Si](C)(C)C)c23)[C@H]2OC(C)(C)O[C@H]21. The van der Waals surface area contributed by atoms with Crippen LogP contribution in [0.5, 0.6) is 0 Å². The molecule has 5 atom stereocenters. The van der Waals surface area contributed by atoms with Crippen molar-refractivity contribution in [3.8, 4) is 0 Å². The zero-order valence-electron chi connectivity index (χ0n) is 23.5. The van der Waals surface area contributed by atoms with Gasteiger partial charge in [-0.1, -0.05) is 37.8 Å². The fourth-order valence-electron chi connectivity index (χ4n) is 5.74. The molecule has 4 aromatic rings. The molecule has 6 rings (SSSR count). The molecule has 0 saturated carbocycles. The summed E-state index contributed by atoms with van der Waals surface area (Å²) in [6.45, 7) is 14.0. The lowest BCUT2D eigenvalue weighted by atomic mass is 9.97. The maximum Gasteiger partial charge on any atom is 0.164 e. The summed E-state index contributed by atoms with van der Waals surface area (Å²) in [6.07, 6.45) is 2.53. The Balaban J connectivity index is 1.32. The highest BCUT2D eigenvalue weighted by atomic mass is 28.3. The second-order valence-corrected chi connectivity index (χ2v) is 18.0. The summed E-state index contributed by atoms with van der Waals surface area (Å²) in [5.41, 5.74) is 3.38. The molecule has 5 heterocycles. The lowest BCUT2D eigenvalue weighted by Crippen LogP contribution is -2.34. The van der Waals surface area contributed by atoms with Crippen LogP contribution < -0.4 is 0 Å². The first-order chi connectivity index (χ1) is 18.5. The second kappa shape index (κ2) is 9.79. The number of hydrogen-bond donors (Lipinski definition) is 1. The standard InChI is InChI=1S/C29H38N4O5Si/c1-18-20-11-13-33(27(20)31-16-30-18)28-26-25(37-29(2,3)38-26)24(36-28)23(34)21-9-7-8-19-10-12-32(22(19)21)17-35-14-15-39(4,5)6/h7-13,16,23-26,28,34H,14-15,17H2,1-6H3/t23-,24-,25-,26-,28-/m1/s1. The quantitative estimate of drug-likeness (QED) is 0.239. The lowest BCUT2D eigenvalue weighted by Gasteiger charge is -2.27. The van der Waals surface area contributed by atoms with Gasteiger partial charge in [-0.3, -0.25) is 0 Å². The molecule has 10 heteroatoms. The minimum Gasteiger partial charge on any atom is -0.385 e. The summed E-state index contributed by atoms with van der Waals surface area (Å²) in [7, 11) is -1.18. The number of benzene rings is 1. The number of ether oxygens (including phenoxy) is 4. The van der Waals surface area contributed by atoms with Gasteiger partial charge in [-0.05, 0) is 38.9 Å². The number of hydrogen-bond acceptors (Lipinski definition) is 7. The Hall–Kier alpha value is -2.60. The van der Waals surface area contributed by atoms with Crippen LogP contribution in [0.3, 0.4) is 0 Å². The molecule has 3 aromatic heterocycles. The van der Waals surface area contributed by atoms with Crippen LogP contribution in [0.4, 0.5) is 0 Å². The fourth-order valence-corrected chi connectivity index (χ4v) is 6.50. The molecule has 9 nitrogen and oxygen atoms in total. The minimum atomic E-state index is -1.18. The van der Waals surface area contributed by atoms with Gasteiger partial charge in [0.15, 0.2) is 12.0 Å². The van der Waals surface area contributed by atoms with Gasteiger partial charge in [-0.15, -0.1) is 0 Å². The van der Waals surface area contributed by atoms with E-state index in [0.717, 1.165) is 45.8 Å². The van der Waals surface area contributed by atoms with Crippen LogP contribution >= 0.6 is 0 Å². The van der Waals surface area contributed by atoms with Crippen LogP contribution in [-0.2, 0) is 25.7 Å². The molecule has 0 spiro atoms. The molecule has 208 valence electrons. The van der Waals surface area contributed by atoms with Gasteiger partial charge < -0.3 is 33.2 Å². The molecule has 1 N–H and O–H groups in total. The number of aliphatic hydroxyl groups is 1. The fraction of sp³-hybridized carbons (Fsp3) is 0.517. The van der Waals surface area contributed by atoms with E-state index in [2.05, 4.69) is 46.3 Å². The Morgan fingerprint density at radius 2 is 1.87 bits per heavy atom. The topological polar surface area (TPSA) is 92.8 Å². The highest BCUT2D eigenvalue weighted by Crippen LogP contribution is 2.47. The predicted molar refractivity (Wildman–Crippen MR) is 151 cm³/mol. The predicted octanol–water partition coefficient (Wildman–Crippen LogP) is 5.16. The van der Waals surface area contributed by atoms with Crippen LogP contribution in [0.1, 0.15) is 37.4 Å². The first-order valence-electron chi connectivity index (χ1n) is 13.7. The Bertz CT molecular complexity index is 1490. The van der Waals surface area contributed by atoms with Gasteiger partial charge >= 0.3 is 0 Å². The highest BCUT2D eigenvalue weighted by molar-refractivity contribution is 6.76. The summed E-state index contributed by atoms with van der Waals surface area (Å²) in [6, 6.07) is 11.1. The Labute approximate surface area is 229 Å². The average Bonchev–Trinajstić information content (AvgIpc) is 3.62. The zero-order chi connectivity index (χ0) is 27.5. The van der Waals surface area contributed by atoms with E-state index in [1.165, 1.54) is 0 Å². The third-order valence-corrected chi connectivity index (χ3v) is 9.43. The van der Waals surface area contributed by atoms with Crippen LogP contribution in [0.15, 0.2) is 49.1 Å². The molecule has 0 radical (unpaired) electrons. The van der Waals surface area contributed by atoms with Crippen LogP contribution in [0, 0.1) is 6.92 Å². The summed E-state index contributed by atoms with van der Waals surface area (Å²) >= 11 is 0. The first kappa shape index (κ1) is 26.6. The summed E-state index contributed by atoms with van der Waals surface area (Å²) in [5.74, 6) is -0.806. The van der Waals surface area contributed by atoms with Gasteiger partial charge in [0, 0.05) is 43.4 Å². The number of aryl methyl sites for hydroxylation is 1. The van der Waals surface area contributed by atoms with Crippen molar-refractivity contribution in [2.24, 2.45) is 0 Å². The number of aliphatic hydroxyl groups excluding tert-OH is 1. The highest BCUT2D eigenvalue weighted by Gasteiger charge is 2.58. The van der Waals surface area contributed by atoms with E-state index in [9.17, 15) is 5.11 Å². The van der Waals surface area contributed by atoms with Crippen molar-refractivity contribution in [1.82, 2.24) is 19.1 Å². The van der Waals surface area contributed by atoms with E-state index in [1.807, 2.05) is 55.9 Å². The largest absolute Gasteiger partial charge is 0.385 e. The van der Waals surface area contributed by atoms with Crippen LogP contribution in [-0.4, -0.2) is 63.0 Å². The molecule has 39 heavy (non-hydrogen) atoms. The molecule has 2 saturated heterocycles. The number of fused-ring (bicyclic) bond motifs is 3. The zero-order valence-corrected chi connectivity index (χ0v) is 24.5.